The monoisotopic (exact) mass is 486 g/mol. The average Bonchev–Trinajstić information content (AvgIpc) is 2.67. The molecule has 5 nitrogen and oxygen atoms in total. The van der Waals surface area contributed by atoms with E-state index in [0.717, 1.165) is 36.8 Å². The summed E-state index contributed by atoms with van der Waals surface area (Å²) in [5.74, 6) is 1.70. The first-order chi connectivity index (χ1) is 12.6. The minimum Gasteiger partial charge on any atom is -0.354 e. The lowest BCUT2D eigenvalue weighted by molar-refractivity contribution is 0.0953. The average molecular weight is 486 g/mol. The van der Waals surface area contributed by atoms with Crippen LogP contribution in [0.1, 0.15) is 68.3 Å². The molecule has 1 aromatic rings. The van der Waals surface area contributed by atoms with E-state index in [4.69, 9.17) is 0 Å². The van der Waals surface area contributed by atoms with E-state index in [0.29, 0.717) is 18.2 Å². The van der Waals surface area contributed by atoms with Gasteiger partial charge >= 0.3 is 0 Å². The number of nitrogens with zero attached hydrogens (tertiary/aromatic N) is 1. The number of guanidine groups is 1. The molecule has 0 unspecified atom stereocenters. The Morgan fingerprint density at radius 3 is 2.37 bits per heavy atom. The van der Waals surface area contributed by atoms with Crippen molar-refractivity contribution in [2.45, 2.75) is 65.0 Å². The van der Waals surface area contributed by atoms with E-state index in [-0.39, 0.29) is 29.9 Å². The van der Waals surface area contributed by atoms with Crippen LogP contribution in [-0.2, 0) is 6.54 Å². The van der Waals surface area contributed by atoms with Crippen LogP contribution in [0.5, 0.6) is 0 Å². The summed E-state index contributed by atoms with van der Waals surface area (Å²) in [7, 11) is 1.81. The van der Waals surface area contributed by atoms with Crippen molar-refractivity contribution >= 4 is 35.8 Å². The zero-order valence-corrected chi connectivity index (χ0v) is 19.2. The van der Waals surface area contributed by atoms with Crippen LogP contribution in [0, 0.1) is 5.92 Å². The van der Waals surface area contributed by atoms with Crippen LogP contribution in [0.4, 0.5) is 0 Å². The smallest absolute Gasteiger partial charge is 0.251 e. The third kappa shape index (κ3) is 8.49. The molecule has 1 aliphatic rings. The molecule has 1 fully saturated rings. The third-order valence-electron chi connectivity index (χ3n) is 5.07. The van der Waals surface area contributed by atoms with E-state index in [1.54, 1.807) is 0 Å². The molecule has 0 atom stereocenters. The van der Waals surface area contributed by atoms with Crippen LogP contribution in [-0.4, -0.2) is 31.5 Å². The number of carbonyl (C=O) groups is 1. The fourth-order valence-electron chi connectivity index (χ4n) is 3.23. The molecule has 27 heavy (non-hydrogen) atoms. The van der Waals surface area contributed by atoms with Crippen LogP contribution in [0.2, 0.25) is 0 Å². The number of halogens is 1. The van der Waals surface area contributed by atoms with Gasteiger partial charge in [0.25, 0.3) is 5.91 Å². The van der Waals surface area contributed by atoms with Crippen molar-refractivity contribution in [3.63, 3.8) is 0 Å². The molecular weight excluding hydrogens is 451 g/mol. The molecule has 0 radical (unpaired) electrons. The predicted molar refractivity (Wildman–Crippen MR) is 124 cm³/mol. The molecule has 1 aromatic carbocycles. The van der Waals surface area contributed by atoms with Crippen LogP contribution < -0.4 is 16.0 Å². The Bertz CT molecular complexity index is 580. The van der Waals surface area contributed by atoms with Gasteiger partial charge in [-0.05, 0) is 55.7 Å². The molecule has 0 heterocycles. The topological polar surface area (TPSA) is 65.5 Å². The van der Waals surface area contributed by atoms with Crippen molar-refractivity contribution in [2.24, 2.45) is 10.9 Å². The number of carbonyl (C=O) groups excluding carboxylic acids is 1. The number of unbranched alkanes of at least 4 members (excludes halogenated alkanes) is 1. The molecule has 6 heteroatoms. The van der Waals surface area contributed by atoms with E-state index >= 15 is 0 Å². The first-order valence-electron chi connectivity index (χ1n) is 9.96. The van der Waals surface area contributed by atoms with Crippen LogP contribution in [0.25, 0.3) is 0 Å². The molecule has 2 rings (SSSR count). The molecule has 1 saturated carbocycles. The van der Waals surface area contributed by atoms with E-state index < -0.39 is 0 Å². The number of hydrogen-bond donors (Lipinski definition) is 3. The molecule has 152 valence electrons. The standard InChI is InChI=1S/C21H34N4O.HI/c1-4-5-14-23-20(26)18-10-8-17(9-11-18)15-24-21(22-3)25-19-12-6-16(2)7-13-19;/h8-11,16,19H,4-7,12-15H2,1-3H3,(H,23,26)(H2,22,24,25);1H. The lowest BCUT2D eigenvalue weighted by atomic mass is 9.87. The maximum atomic E-state index is 12.0. The van der Waals surface area contributed by atoms with Gasteiger partial charge in [-0.25, -0.2) is 0 Å². The molecule has 0 bridgehead atoms. The minimum atomic E-state index is 0. The molecule has 0 aromatic heterocycles. The van der Waals surface area contributed by atoms with E-state index in [2.05, 4.69) is 34.8 Å². The number of benzene rings is 1. The molecule has 1 amide bonds. The fourth-order valence-corrected chi connectivity index (χ4v) is 3.23. The zero-order chi connectivity index (χ0) is 18.8. The number of hydrogen-bond acceptors (Lipinski definition) is 2. The summed E-state index contributed by atoms with van der Waals surface area (Å²) >= 11 is 0. The van der Waals surface area contributed by atoms with Crippen molar-refractivity contribution in [3.8, 4) is 0 Å². The van der Waals surface area contributed by atoms with E-state index in [1.165, 1.54) is 25.7 Å². The summed E-state index contributed by atoms with van der Waals surface area (Å²) in [6, 6.07) is 8.29. The summed E-state index contributed by atoms with van der Waals surface area (Å²) in [5.41, 5.74) is 1.85. The first-order valence-corrected chi connectivity index (χ1v) is 9.96. The van der Waals surface area contributed by atoms with Gasteiger partial charge in [0.15, 0.2) is 5.96 Å². The molecule has 0 saturated heterocycles. The number of nitrogens with one attached hydrogen (secondary N) is 3. The third-order valence-corrected chi connectivity index (χ3v) is 5.07. The van der Waals surface area contributed by atoms with E-state index in [9.17, 15) is 4.79 Å². The van der Waals surface area contributed by atoms with Gasteiger partial charge in [0.2, 0.25) is 0 Å². The molecular formula is C21H35IN4O. The highest BCUT2D eigenvalue weighted by atomic mass is 127. The minimum absolute atomic E-state index is 0. The lowest BCUT2D eigenvalue weighted by Gasteiger charge is -2.28. The molecule has 1 aliphatic carbocycles. The Labute approximate surface area is 181 Å². The summed E-state index contributed by atoms with van der Waals surface area (Å²) in [6.45, 7) is 5.88. The quantitative estimate of drug-likeness (QED) is 0.236. The SMILES string of the molecule is CCCCNC(=O)c1ccc(CNC(=NC)NC2CCC(C)CC2)cc1.I. The van der Waals surface area contributed by atoms with Crippen molar-refractivity contribution < 1.29 is 4.79 Å². The van der Waals surface area contributed by atoms with E-state index in [1.807, 2.05) is 31.3 Å². The highest BCUT2D eigenvalue weighted by Gasteiger charge is 2.18. The largest absolute Gasteiger partial charge is 0.354 e. The van der Waals surface area contributed by atoms with Crippen molar-refractivity contribution in [3.05, 3.63) is 35.4 Å². The lowest BCUT2D eigenvalue weighted by Crippen LogP contribution is -2.44. The zero-order valence-electron chi connectivity index (χ0n) is 16.9. The number of aliphatic imine (C=N–C) groups is 1. The van der Waals surface area contributed by atoms with Crippen molar-refractivity contribution in [1.82, 2.24) is 16.0 Å². The Morgan fingerprint density at radius 2 is 1.78 bits per heavy atom. The van der Waals surface area contributed by atoms with Gasteiger partial charge in [0.05, 0.1) is 0 Å². The fraction of sp³-hybridized carbons (Fsp3) is 0.619. The van der Waals surface area contributed by atoms with Crippen LogP contribution in [0.3, 0.4) is 0 Å². The van der Waals surface area contributed by atoms with Crippen molar-refractivity contribution in [1.29, 1.82) is 0 Å². The van der Waals surface area contributed by atoms with Gasteiger partial charge in [-0.1, -0.05) is 32.4 Å². The predicted octanol–water partition coefficient (Wildman–Crippen LogP) is 4.08. The molecule has 0 spiro atoms. The van der Waals surface area contributed by atoms with Crippen LogP contribution >= 0.6 is 24.0 Å². The Morgan fingerprint density at radius 1 is 1.11 bits per heavy atom. The van der Waals surface area contributed by atoms with Gasteiger partial charge in [-0.15, -0.1) is 24.0 Å². The Hall–Kier alpha value is -1.31. The molecule has 3 N–H and O–H groups in total. The summed E-state index contributed by atoms with van der Waals surface area (Å²) in [6.07, 6.45) is 7.10. The highest BCUT2D eigenvalue weighted by molar-refractivity contribution is 14.0. The maximum absolute atomic E-state index is 12.0. The maximum Gasteiger partial charge on any atom is 0.251 e. The highest BCUT2D eigenvalue weighted by Crippen LogP contribution is 2.23. The second-order valence-corrected chi connectivity index (χ2v) is 7.33. The number of amides is 1. The molecule has 0 aliphatic heterocycles. The normalized spacial score (nSPS) is 19.7. The Balaban J connectivity index is 0.00000364. The summed E-state index contributed by atoms with van der Waals surface area (Å²) in [4.78, 5) is 16.4. The number of rotatable bonds is 7. The van der Waals surface area contributed by atoms with Gasteiger partial charge in [-0.2, -0.15) is 0 Å². The van der Waals surface area contributed by atoms with Gasteiger partial charge in [0, 0.05) is 31.7 Å². The second-order valence-electron chi connectivity index (χ2n) is 7.33. The van der Waals surface area contributed by atoms with Gasteiger partial charge < -0.3 is 16.0 Å². The van der Waals surface area contributed by atoms with Crippen molar-refractivity contribution in [2.75, 3.05) is 13.6 Å². The second kappa shape index (κ2) is 13.0. The summed E-state index contributed by atoms with van der Waals surface area (Å²) in [5, 5.41) is 9.85. The summed E-state index contributed by atoms with van der Waals surface area (Å²) < 4.78 is 0. The van der Waals surface area contributed by atoms with Crippen LogP contribution in [0.15, 0.2) is 29.3 Å². The van der Waals surface area contributed by atoms with Gasteiger partial charge in [-0.3, -0.25) is 9.79 Å². The first kappa shape index (κ1) is 23.7. The Kier molecular flexibility index (Phi) is 11.4. The van der Waals surface area contributed by atoms with Gasteiger partial charge in [0.1, 0.15) is 0 Å².